The molecule has 1 aliphatic rings. The van der Waals surface area contributed by atoms with Crippen LogP contribution in [0, 0.1) is 17.0 Å². The summed E-state index contributed by atoms with van der Waals surface area (Å²) in [6.07, 6.45) is 3.78. The van der Waals surface area contributed by atoms with Gasteiger partial charge in [-0.3, -0.25) is 19.8 Å². The molecular weight excluding hydrogens is 342 g/mol. The zero-order valence-corrected chi connectivity index (χ0v) is 15.6. The second kappa shape index (κ2) is 8.77. The Bertz CT molecular complexity index is 829. The van der Waals surface area contributed by atoms with Gasteiger partial charge in [-0.2, -0.15) is 0 Å². The summed E-state index contributed by atoms with van der Waals surface area (Å²) < 4.78 is 0. The summed E-state index contributed by atoms with van der Waals surface area (Å²) in [5.74, 6) is -0.288. The van der Waals surface area contributed by atoms with Crippen molar-refractivity contribution < 1.29 is 9.72 Å². The van der Waals surface area contributed by atoms with Gasteiger partial charge >= 0.3 is 0 Å². The SMILES string of the molecule is Cc1c(C(=O)NCc2ccccc2CN2CCCCC2)cccc1[N+](=O)[O-]. The lowest BCUT2D eigenvalue weighted by molar-refractivity contribution is -0.385. The van der Waals surface area contributed by atoms with Crippen LogP contribution in [0.1, 0.15) is 46.3 Å². The van der Waals surface area contributed by atoms with Crippen molar-refractivity contribution in [2.45, 2.75) is 39.3 Å². The fourth-order valence-corrected chi connectivity index (χ4v) is 3.58. The van der Waals surface area contributed by atoms with E-state index < -0.39 is 4.92 Å². The molecule has 1 aliphatic heterocycles. The Balaban J connectivity index is 1.69. The van der Waals surface area contributed by atoms with Gasteiger partial charge in [-0.05, 0) is 50.0 Å². The minimum atomic E-state index is -0.458. The normalized spacial score (nSPS) is 14.7. The van der Waals surface area contributed by atoms with Gasteiger partial charge in [0, 0.05) is 30.3 Å². The fraction of sp³-hybridized carbons (Fsp3) is 0.381. The Hall–Kier alpha value is -2.73. The van der Waals surface area contributed by atoms with E-state index in [9.17, 15) is 14.9 Å². The first kappa shape index (κ1) is 19.0. The van der Waals surface area contributed by atoms with Crippen LogP contribution in [0.15, 0.2) is 42.5 Å². The Labute approximate surface area is 159 Å². The van der Waals surface area contributed by atoms with Gasteiger partial charge in [0.2, 0.25) is 0 Å². The molecule has 0 radical (unpaired) electrons. The van der Waals surface area contributed by atoms with E-state index in [0.717, 1.165) is 25.2 Å². The topological polar surface area (TPSA) is 75.5 Å². The van der Waals surface area contributed by atoms with Crippen molar-refractivity contribution in [3.05, 3.63) is 74.8 Å². The predicted molar refractivity (Wildman–Crippen MR) is 105 cm³/mol. The third kappa shape index (κ3) is 4.71. The van der Waals surface area contributed by atoms with Gasteiger partial charge in [-0.15, -0.1) is 0 Å². The first-order valence-corrected chi connectivity index (χ1v) is 9.37. The van der Waals surface area contributed by atoms with E-state index in [-0.39, 0.29) is 11.6 Å². The average molecular weight is 367 g/mol. The number of carbonyl (C=O) groups excluding carboxylic acids is 1. The van der Waals surface area contributed by atoms with Crippen molar-refractivity contribution in [3.63, 3.8) is 0 Å². The van der Waals surface area contributed by atoms with Crippen molar-refractivity contribution in [1.29, 1.82) is 0 Å². The van der Waals surface area contributed by atoms with Crippen LogP contribution in [0.2, 0.25) is 0 Å². The zero-order chi connectivity index (χ0) is 19.2. The highest BCUT2D eigenvalue weighted by atomic mass is 16.6. The van der Waals surface area contributed by atoms with E-state index in [4.69, 9.17) is 0 Å². The van der Waals surface area contributed by atoms with Gasteiger partial charge < -0.3 is 5.32 Å². The van der Waals surface area contributed by atoms with Gasteiger partial charge in [0.15, 0.2) is 0 Å². The van der Waals surface area contributed by atoms with Gasteiger partial charge in [0.1, 0.15) is 0 Å². The largest absolute Gasteiger partial charge is 0.348 e. The molecule has 0 bridgehead atoms. The van der Waals surface area contributed by atoms with Crippen LogP contribution in [0.3, 0.4) is 0 Å². The molecule has 0 saturated carbocycles. The van der Waals surface area contributed by atoms with Gasteiger partial charge in [-0.25, -0.2) is 0 Å². The number of hydrogen-bond acceptors (Lipinski definition) is 4. The lowest BCUT2D eigenvalue weighted by Crippen LogP contribution is -2.30. The van der Waals surface area contributed by atoms with Crippen LogP contribution in [0.4, 0.5) is 5.69 Å². The molecule has 0 spiro atoms. The molecule has 0 unspecified atom stereocenters. The number of benzene rings is 2. The van der Waals surface area contributed by atoms with E-state index in [1.165, 1.54) is 30.9 Å². The van der Waals surface area contributed by atoms with E-state index in [1.54, 1.807) is 19.1 Å². The van der Waals surface area contributed by atoms with Gasteiger partial charge in [0.05, 0.1) is 4.92 Å². The Morgan fingerprint density at radius 2 is 1.78 bits per heavy atom. The predicted octanol–water partition coefficient (Wildman–Crippen LogP) is 3.82. The molecule has 1 amide bonds. The standard InChI is InChI=1S/C21H25N3O3/c1-16-19(10-7-11-20(16)24(26)27)21(25)22-14-17-8-3-4-9-18(17)15-23-12-5-2-6-13-23/h3-4,7-11H,2,5-6,12-15H2,1H3,(H,22,25). The molecule has 1 N–H and O–H groups in total. The lowest BCUT2D eigenvalue weighted by Gasteiger charge is -2.27. The summed E-state index contributed by atoms with van der Waals surface area (Å²) in [4.78, 5) is 25.6. The number of hydrogen-bond donors (Lipinski definition) is 1. The maximum absolute atomic E-state index is 12.6. The molecule has 0 atom stereocenters. The maximum Gasteiger partial charge on any atom is 0.273 e. The number of nitrogens with one attached hydrogen (secondary N) is 1. The highest BCUT2D eigenvalue weighted by Crippen LogP contribution is 2.21. The molecule has 2 aromatic rings. The number of nitro groups is 1. The monoisotopic (exact) mass is 367 g/mol. The second-order valence-corrected chi connectivity index (χ2v) is 7.00. The number of carbonyl (C=O) groups is 1. The van der Waals surface area contributed by atoms with E-state index in [0.29, 0.717) is 17.7 Å². The molecule has 6 heteroatoms. The van der Waals surface area contributed by atoms with E-state index in [2.05, 4.69) is 16.3 Å². The number of nitro benzene ring substituents is 1. The number of likely N-dealkylation sites (tertiary alicyclic amines) is 1. The third-order valence-corrected chi connectivity index (χ3v) is 5.15. The molecule has 3 rings (SSSR count). The molecule has 0 aromatic heterocycles. The summed E-state index contributed by atoms with van der Waals surface area (Å²) in [6, 6.07) is 12.7. The average Bonchev–Trinajstić information content (AvgIpc) is 2.68. The second-order valence-electron chi connectivity index (χ2n) is 7.00. The van der Waals surface area contributed by atoms with Crippen LogP contribution in [0.25, 0.3) is 0 Å². The van der Waals surface area contributed by atoms with Crippen LogP contribution >= 0.6 is 0 Å². The van der Waals surface area contributed by atoms with E-state index >= 15 is 0 Å². The molecule has 142 valence electrons. The van der Waals surface area contributed by atoms with Crippen LogP contribution in [0.5, 0.6) is 0 Å². The third-order valence-electron chi connectivity index (χ3n) is 5.15. The smallest absolute Gasteiger partial charge is 0.273 e. The highest BCUT2D eigenvalue weighted by Gasteiger charge is 2.18. The summed E-state index contributed by atoms with van der Waals surface area (Å²) >= 11 is 0. The number of rotatable bonds is 6. The molecule has 1 fully saturated rings. The molecule has 2 aromatic carbocycles. The highest BCUT2D eigenvalue weighted by molar-refractivity contribution is 5.96. The van der Waals surface area contributed by atoms with Gasteiger partial charge in [-0.1, -0.05) is 36.8 Å². The number of piperidine rings is 1. The summed E-state index contributed by atoms with van der Waals surface area (Å²) in [5.41, 5.74) is 3.00. The molecule has 1 saturated heterocycles. The van der Waals surface area contributed by atoms with Crippen LogP contribution < -0.4 is 5.32 Å². The van der Waals surface area contributed by atoms with E-state index in [1.807, 2.05) is 18.2 Å². The quantitative estimate of drug-likeness (QED) is 0.622. The number of amides is 1. The molecule has 0 aliphatic carbocycles. The Kier molecular flexibility index (Phi) is 6.19. The van der Waals surface area contributed by atoms with Crippen LogP contribution in [-0.4, -0.2) is 28.8 Å². The van der Waals surface area contributed by atoms with Crippen molar-refractivity contribution in [3.8, 4) is 0 Å². The summed E-state index contributed by atoms with van der Waals surface area (Å²) in [7, 11) is 0. The maximum atomic E-state index is 12.6. The minimum Gasteiger partial charge on any atom is -0.348 e. The Morgan fingerprint density at radius 1 is 1.07 bits per heavy atom. The van der Waals surface area contributed by atoms with Crippen molar-refractivity contribution in [2.75, 3.05) is 13.1 Å². The summed E-state index contributed by atoms with van der Waals surface area (Å²) in [5, 5.41) is 14.0. The molecule has 27 heavy (non-hydrogen) atoms. The van der Waals surface area contributed by atoms with Crippen molar-refractivity contribution >= 4 is 11.6 Å². The first-order valence-electron chi connectivity index (χ1n) is 9.37. The number of nitrogens with zero attached hydrogens (tertiary/aromatic N) is 2. The first-order chi connectivity index (χ1) is 13.1. The lowest BCUT2D eigenvalue weighted by atomic mass is 10.0. The summed E-state index contributed by atoms with van der Waals surface area (Å²) in [6.45, 7) is 5.14. The molecule has 6 nitrogen and oxygen atoms in total. The molecular formula is C21H25N3O3. The zero-order valence-electron chi connectivity index (χ0n) is 15.6. The van der Waals surface area contributed by atoms with Crippen LogP contribution in [-0.2, 0) is 13.1 Å². The van der Waals surface area contributed by atoms with Crippen molar-refractivity contribution in [2.24, 2.45) is 0 Å². The minimum absolute atomic E-state index is 0.0341. The van der Waals surface area contributed by atoms with Crippen molar-refractivity contribution in [1.82, 2.24) is 10.2 Å². The fourth-order valence-electron chi connectivity index (χ4n) is 3.58. The van der Waals surface area contributed by atoms with Gasteiger partial charge in [0.25, 0.3) is 11.6 Å². The Morgan fingerprint density at radius 3 is 2.48 bits per heavy atom. The molecule has 1 heterocycles.